The molecule has 94 valence electrons. The van der Waals surface area contributed by atoms with Crippen molar-refractivity contribution in [3.05, 3.63) is 48.5 Å². The van der Waals surface area contributed by atoms with Crippen LogP contribution in [0.2, 0.25) is 0 Å². The Morgan fingerprint density at radius 2 is 1.94 bits per heavy atom. The van der Waals surface area contributed by atoms with E-state index in [9.17, 15) is 0 Å². The zero-order valence-electron chi connectivity index (χ0n) is 10.6. The summed E-state index contributed by atoms with van der Waals surface area (Å²) >= 11 is 0. The van der Waals surface area contributed by atoms with Crippen molar-refractivity contribution in [1.29, 1.82) is 0 Å². The molecule has 0 aliphatic heterocycles. The summed E-state index contributed by atoms with van der Waals surface area (Å²) in [7, 11) is 0. The highest BCUT2D eigenvalue weighted by atomic mass is 16.5. The second kappa shape index (κ2) is 6.00. The maximum absolute atomic E-state index is 5.58. The van der Waals surface area contributed by atoms with Crippen molar-refractivity contribution in [3.8, 4) is 5.75 Å². The van der Waals surface area contributed by atoms with Crippen molar-refractivity contribution in [1.82, 2.24) is 9.97 Å². The highest BCUT2D eigenvalue weighted by molar-refractivity contribution is 5.46. The molecule has 4 nitrogen and oxygen atoms in total. The lowest BCUT2D eigenvalue weighted by molar-refractivity contribution is 0.242. The Morgan fingerprint density at radius 1 is 1.17 bits per heavy atom. The first kappa shape index (κ1) is 12.4. The number of rotatable bonds is 5. The predicted molar refractivity (Wildman–Crippen MR) is 71.6 cm³/mol. The summed E-state index contributed by atoms with van der Waals surface area (Å²) in [6.07, 6.45) is 3.49. The topological polar surface area (TPSA) is 47.0 Å². The second-order valence-electron chi connectivity index (χ2n) is 4.25. The minimum atomic E-state index is 0.199. The number of hydrogen-bond donors (Lipinski definition) is 1. The summed E-state index contributed by atoms with van der Waals surface area (Å²) in [6, 6.07) is 9.81. The SMILES string of the molecule is CC(C)Oc1ccc(NCc2ccncn2)cc1. The van der Waals surface area contributed by atoms with Gasteiger partial charge in [0, 0.05) is 11.9 Å². The molecule has 0 saturated carbocycles. The fourth-order valence-corrected chi connectivity index (χ4v) is 1.54. The summed E-state index contributed by atoms with van der Waals surface area (Å²) in [5.74, 6) is 0.887. The number of nitrogens with zero attached hydrogens (tertiary/aromatic N) is 2. The number of benzene rings is 1. The van der Waals surface area contributed by atoms with Crippen LogP contribution in [0, 0.1) is 0 Å². The molecule has 0 atom stereocenters. The van der Waals surface area contributed by atoms with Gasteiger partial charge in [0.15, 0.2) is 0 Å². The number of nitrogens with one attached hydrogen (secondary N) is 1. The Balaban J connectivity index is 1.90. The zero-order valence-corrected chi connectivity index (χ0v) is 10.6. The third kappa shape index (κ3) is 3.73. The van der Waals surface area contributed by atoms with Gasteiger partial charge >= 0.3 is 0 Å². The van der Waals surface area contributed by atoms with Gasteiger partial charge < -0.3 is 10.1 Å². The van der Waals surface area contributed by atoms with Crippen LogP contribution in [0.15, 0.2) is 42.9 Å². The van der Waals surface area contributed by atoms with Crippen LogP contribution in [0.25, 0.3) is 0 Å². The Hall–Kier alpha value is -2.10. The van der Waals surface area contributed by atoms with Crippen molar-refractivity contribution >= 4 is 5.69 Å². The highest BCUT2D eigenvalue weighted by Gasteiger charge is 1.98. The summed E-state index contributed by atoms with van der Waals surface area (Å²) in [5.41, 5.74) is 2.01. The molecule has 1 heterocycles. The lowest BCUT2D eigenvalue weighted by Crippen LogP contribution is -2.05. The molecule has 1 aromatic heterocycles. The van der Waals surface area contributed by atoms with Gasteiger partial charge in [-0.05, 0) is 44.2 Å². The molecule has 0 fully saturated rings. The van der Waals surface area contributed by atoms with Gasteiger partial charge in [-0.1, -0.05) is 0 Å². The Morgan fingerprint density at radius 3 is 2.56 bits per heavy atom. The fourth-order valence-electron chi connectivity index (χ4n) is 1.54. The molecule has 0 unspecified atom stereocenters. The molecule has 1 N–H and O–H groups in total. The Kier molecular flexibility index (Phi) is 4.12. The zero-order chi connectivity index (χ0) is 12.8. The van der Waals surface area contributed by atoms with E-state index < -0.39 is 0 Å². The molecule has 0 spiro atoms. The Labute approximate surface area is 107 Å². The van der Waals surface area contributed by atoms with E-state index in [1.807, 2.05) is 44.2 Å². The number of anilines is 1. The summed E-state index contributed by atoms with van der Waals surface area (Å²) < 4.78 is 5.58. The predicted octanol–water partition coefficient (Wildman–Crippen LogP) is 2.88. The van der Waals surface area contributed by atoms with Gasteiger partial charge in [0.1, 0.15) is 12.1 Å². The largest absolute Gasteiger partial charge is 0.491 e. The van der Waals surface area contributed by atoms with Crippen LogP contribution < -0.4 is 10.1 Å². The minimum absolute atomic E-state index is 0.199. The monoisotopic (exact) mass is 243 g/mol. The maximum atomic E-state index is 5.58. The summed E-state index contributed by atoms with van der Waals surface area (Å²) in [6.45, 7) is 4.72. The van der Waals surface area contributed by atoms with Gasteiger partial charge in [-0.3, -0.25) is 0 Å². The molecule has 4 heteroatoms. The van der Waals surface area contributed by atoms with Crippen LogP contribution in [0.5, 0.6) is 5.75 Å². The van der Waals surface area contributed by atoms with Gasteiger partial charge in [-0.25, -0.2) is 9.97 Å². The molecule has 0 saturated heterocycles. The quantitative estimate of drug-likeness (QED) is 0.877. The van der Waals surface area contributed by atoms with E-state index in [2.05, 4.69) is 15.3 Å². The smallest absolute Gasteiger partial charge is 0.119 e. The van der Waals surface area contributed by atoms with E-state index in [1.165, 1.54) is 0 Å². The molecule has 0 radical (unpaired) electrons. The average Bonchev–Trinajstić information content (AvgIpc) is 2.38. The third-order valence-electron chi connectivity index (χ3n) is 2.34. The van der Waals surface area contributed by atoms with Crippen LogP contribution in [-0.4, -0.2) is 16.1 Å². The van der Waals surface area contributed by atoms with E-state index in [0.717, 1.165) is 17.1 Å². The van der Waals surface area contributed by atoms with Gasteiger partial charge in [0.05, 0.1) is 18.3 Å². The minimum Gasteiger partial charge on any atom is -0.491 e. The second-order valence-corrected chi connectivity index (χ2v) is 4.25. The first-order valence-electron chi connectivity index (χ1n) is 5.99. The molecule has 2 rings (SSSR count). The normalized spacial score (nSPS) is 10.4. The number of aromatic nitrogens is 2. The maximum Gasteiger partial charge on any atom is 0.119 e. The standard InChI is InChI=1S/C14H17N3O/c1-11(2)18-14-5-3-12(4-6-14)16-9-13-7-8-15-10-17-13/h3-8,10-11,16H,9H2,1-2H3. The lowest BCUT2D eigenvalue weighted by Gasteiger charge is -2.10. The van der Waals surface area contributed by atoms with E-state index in [4.69, 9.17) is 4.74 Å². The lowest BCUT2D eigenvalue weighted by atomic mass is 10.3. The molecular formula is C14H17N3O. The molecule has 0 aliphatic carbocycles. The van der Waals surface area contributed by atoms with Crippen molar-refractivity contribution in [2.45, 2.75) is 26.5 Å². The molecule has 0 bridgehead atoms. The van der Waals surface area contributed by atoms with Crippen LogP contribution in [0.1, 0.15) is 19.5 Å². The van der Waals surface area contributed by atoms with Crippen LogP contribution in [0.4, 0.5) is 5.69 Å². The number of hydrogen-bond acceptors (Lipinski definition) is 4. The van der Waals surface area contributed by atoms with Crippen LogP contribution >= 0.6 is 0 Å². The number of ether oxygens (including phenoxy) is 1. The summed E-state index contributed by atoms with van der Waals surface area (Å²) in [5, 5.41) is 3.30. The Bertz CT molecular complexity index is 468. The van der Waals surface area contributed by atoms with Crippen molar-refractivity contribution < 1.29 is 4.74 Å². The van der Waals surface area contributed by atoms with Gasteiger partial charge in [0.2, 0.25) is 0 Å². The van der Waals surface area contributed by atoms with Crippen molar-refractivity contribution in [2.75, 3.05) is 5.32 Å². The van der Waals surface area contributed by atoms with Gasteiger partial charge in [0.25, 0.3) is 0 Å². The molecule has 18 heavy (non-hydrogen) atoms. The summed E-state index contributed by atoms with van der Waals surface area (Å²) in [4.78, 5) is 8.04. The van der Waals surface area contributed by atoms with Crippen LogP contribution in [-0.2, 0) is 6.54 Å². The molecule has 0 aliphatic rings. The first-order valence-corrected chi connectivity index (χ1v) is 5.99. The first-order chi connectivity index (χ1) is 8.74. The molecule has 0 amide bonds. The fraction of sp³-hybridized carbons (Fsp3) is 0.286. The van der Waals surface area contributed by atoms with Crippen LogP contribution in [0.3, 0.4) is 0 Å². The third-order valence-corrected chi connectivity index (χ3v) is 2.34. The molecule has 2 aromatic rings. The molecule has 1 aromatic carbocycles. The van der Waals surface area contributed by atoms with Crippen molar-refractivity contribution in [3.63, 3.8) is 0 Å². The van der Waals surface area contributed by atoms with Gasteiger partial charge in [-0.2, -0.15) is 0 Å². The van der Waals surface area contributed by atoms with E-state index in [1.54, 1.807) is 12.5 Å². The van der Waals surface area contributed by atoms with Crippen molar-refractivity contribution in [2.24, 2.45) is 0 Å². The van der Waals surface area contributed by atoms with E-state index >= 15 is 0 Å². The van der Waals surface area contributed by atoms with E-state index in [-0.39, 0.29) is 6.10 Å². The van der Waals surface area contributed by atoms with Gasteiger partial charge in [-0.15, -0.1) is 0 Å². The van der Waals surface area contributed by atoms with E-state index in [0.29, 0.717) is 6.54 Å². The molecular weight excluding hydrogens is 226 g/mol. The highest BCUT2D eigenvalue weighted by Crippen LogP contribution is 2.17. The average molecular weight is 243 g/mol.